The minimum Gasteiger partial charge on any atom is -0.396 e. The molecule has 0 spiro atoms. The zero-order valence-corrected chi connectivity index (χ0v) is 9.46. The molecule has 0 aliphatic rings. The van der Waals surface area contributed by atoms with E-state index in [2.05, 4.69) is 29.1 Å². The molecule has 2 aromatic heterocycles. The summed E-state index contributed by atoms with van der Waals surface area (Å²) in [7, 11) is 0. The average Bonchev–Trinajstić information content (AvgIpc) is 2.72. The van der Waals surface area contributed by atoms with Crippen LogP contribution in [0.4, 0.5) is 5.69 Å². The predicted octanol–water partition coefficient (Wildman–Crippen LogP) is 2.29. The topological polar surface area (TPSA) is 56.2 Å². The number of benzene rings is 1. The van der Waals surface area contributed by atoms with E-state index in [0.717, 1.165) is 16.9 Å². The Morgan fingerprint density at radius 3 is 2.94 bits per heavy atom. The number of anilines is 1. The molecular formula is C13H12N4. The highest BCUT2D eigenvalue weighted by Crippen LogP contribution is 2.20. The van der Waals surface area contributed by atoms with Gasteiger partial charge in [-0.05, 0) is 13.0 Å². The fraction of sp³-hybridized carbons (Fsp3) is 0.0769. The molecule has 4 heteroatoms. The molecule has 84 valence electrons. The molecule has 3 rings (SSSR count). The summed E-state index contributed by atoms with van der Waals surface area (Å²) in [5, 5.41) is 4.46. The first kappa shape index (κ1) is 9.84. The Morgan fingerprint density at radius 1 is 1.24 bits per heavy atom. The molecule has 0 fully saturated rings. The van der Waals surface area contributed by atoms with Gasteiger partial charge in [-0.15, -0.1) is 0 Å². The molecule has 0 amide bonds. The molecule has 0 bridgehead atoms. The third-order valence-corrected chi connectivity index (χ3v) is 2.65. The zero-order valence-electron chi connectivity index (χ0n) is 9.46. The van der Waals surface area contributed by atoms with Crippen LogP contribution in [0.2, 0.25) is 0 Å². The van der Waals surface area contributed by atoms with Crippen molar-refractivity contribution in [3.63, 3.8) is 0 Å². The Balaban J connectivity index is 2.18. The molecule has 3 aromatic rings. The molecule has 0 radical (unpaired) electrons. The molecular weight excluding hydrogens is 212 g/mol. The lowest BCUT2D eigenvalue weighted by molar-refractivity contribution is 0.946. The van der Waals surface area contributed by atoms with E-state index < -0.39 is 0 Å². The Bertz CT molecular complexity index is 685. The number of fused-ring (bicyclic) bond motifs is 1. The molecule has 0 atom stereocenters. The van der Waals surface area contributed by atoms with Gasteiger partial charge in [-0.1, -0.05) is 23.8 Å². The van der Waals surface area contributed by atoms with E-state index in [1.807, 2.05) is 18.2 Å². The van der Waals surface area contributed by atoms with Crippen LogP contribution in [0.25, 0.3) is 16.9 Å². The molecule has 0 unspecified atom stereocenters. The number of hydrogen-bond acceptors (Lipinski definition) is 3. The minimum atomic E-state index is 0.608. The smallest absolute Gasteiger partial charge is 0.155 e. The van der Waals surface area contributed by atoms with Crippen LogP contribution in [0.1, 0.15) is 5.56 Å². The second-order valence-electron chi connectivity index (χ2n) is 4.09. The zero-order chi connectivity index (χ0) is 11.8. The standard InChI is InChI=1S/C13H12N4/c1-9-3-2-4-10(5-9)12-6-13-15-7-11(14)8-17(13)16-12/h2-8H,14H2,1H3. The van der Waals surface area contributed by atoms with E-state index in [-0.39, 0.29) is 0 Å². The van der Waals surface area contributed by atoms with Gasteiger partial charge in [0.25, 0.3) is 0 Å². The van der Waals surface area contributed by atoms with Gasteiger partial charge in [0.1, 0.15) is 0 Å². The van der Waals surface area contributed by atoms with Gasteiger partial charge in [-0.3, -0.25) is 0 Å². The number of rotatable bonds is 1. The molecule has 0 aliphatic carbocycles. The lowest BCUT2D eigenvalue weighted by Gasteiger charge is -1.97. The van der Waals surface area contributed by atoms with Gasteiger partial charge in [0.2, 0.25) is 0 Å². The van der Waals surface area contributed by atoms with Gasteiger partial charge in [-0.25, -0.2) is 9.50 Å². The van der Waals surface area contributed by atoms with E-state index in [4.69, 9.17) is 5.73 Å². The quantitative estimate of drug-likeness (QED) is 0.690. The fourth-order valence-electron chi connectivity index (χ4n) is 1.84. The highest BCUT2D eigenvalue weighted by Gasteiger charge is 2.05. The normalized spacial score (nSPS) is 10.9. The second-order valence-corrected chi connectivity index (χ2v) is 4.09. The lowest BCUT2D eigenvalue weighted by atomic mass is 10.1. The van der Waals surface area contributed by atoms with Crippen molar-refractivity contribution in [3.8, 4) is 11.3 Å². The van der Waals surface area contributed by atoms with Crippen molar-refractivity contribution < 1.29 is 0 Å². The van der Waals surface area contributed by atoms with E-state index in [0.29, 0.717) is 5.69 Å². The summed E-state index contributed by atoms with van der Waals surface area (Å²) in [6.07, 6.45) is 3.40. The summed E-state index contributed by atoms with van der Waals surface area (Å²) in [6.45, 7) is 2.07. The summed E-state index contributed by atoms with van der Waals surface area (Å²) in [5.41, 5.74) is 10.3. The first-order valence-corrected chi connectivity index (χ1v) is 5.40. The monoisotopic (exact) mass is 224 g/mol. The third kappa shape index (κ3) is 1.73. The molecule has 17 heavy (non-hydrogen) atoms. The van der Waals surface area contributed by atoms with Crippen LogP contribution >= 0.6 is 0 Å². The van der Waals surface area contributed by atoms with Crippen LogP contribution in [0, 0.1) is 6.92 Å². The summed E-state index contributed by atoms with van der Waals surface area (Å²) >= 11 is 0. The third-order valence-electron chi connectivity index (χ3n) is 2.65. The first-order valence-electron chi connectivity index (χ1n) is 5.40. The summed E-state index contributed by atoms with van der Waals surface area (Å²) in [4.78, 5) is 4.22. The van der Waals surface area contributed by atoms with Gasteiger partial charge >= 0.3 is 0 Å². The maximum atomic E-state index is 5.67. The summed E-state index contributed by atoms with van der Waals surface area (Å²) < 4.78 is 1.70. The minimum absolute atomic E-state index is 0.608. The Labute approximate surface area is 98.7 Å². The van der Waals surface area contributed by atoms with Crippen LogP contribution in [0.5, 0.6) is 0 Å². The molecule has 4 nitrogen and oxygen atoms in total. The van der Waals surface area contributed by atoms with Crippen LogP contribution in [-0.4, -0.2) is 14.6 Å². The van der Waals surface area contributed by atoms with Crippen LogP contribution in [0.15, 0.2) is 42.7 Å². The number of aryl methyl sites for hydroxylation is 1. The highest BCUT2D eigenvalue weighted by molar-refractivity contribution is 5.65. The molecule has 2 N–H and O–H groups in total. The first-order chi connectivity index (χ1) is 8.22. The van der Waals surface area contributed by atoms with E-state index in [1.165, 1.54) is 5.56 Å². The number of aromatic nitrogens is 3. The van der Waals surface area contributed by atoms with E-state index in [9.17, 15) is 0 Å². The van der Waals surface area contributed by atoms with Crippen LogP contribution < -0.4 is 5.73 Å². The fourth-order valence-corrected chi connectivity index (χ4v) is 1.84. The molecule has 0 aliphatic heterocycles. The maximum Gasteiger partial charge on any atom is 0.155 e. The number of nitrogens with two attached hydrogens (primary N) is 1. The van der Waals surface area contributed by atoms with Crippen molar-refractivity contribution in [1.82, 2.24) is 14.6 Å². The van der Waals surface area contributed by atoms with Gasteiger partial charge in [0, 0.05) is 11.6 Å². The van der Waals surface area contributed by atoms with Crippen molar-refractivity contribution in [3.05, 3.63) is 48.3 Å². The summed E-state index contributed by atoms with van der Waals surface area (Å²) in [6, 6.07) is 10.2. The average molecular weight is 224 g/mol. The summed E-state index contributed by atoms with van der Waals surface area (Å²) in [5.74, 6) is 0. The van der Waals surface area contributed by atoms with Crippen molar-refractivity contribution in [1.29, 1.82) is 0 Å². The lowest BCUT2D eigenvalue weighted by Crippen LogP contribution is -1.93. The van der Waals surface area contributed by atoms with Crippen molar-refractivity contribution in [2.24, 2.45) is 0 Å². The van der Waals surface area contributed by atoms with Crippen molar-refractivity contribution in [2.75, 3.05) is 5.73 Å². The van der Waals surface area contributed by atoms with Crippen molar-refractivity contribution in [2.45, 2.75) is 6.92 Å². The van der Waals surface area contributed by atoms with Crippen LogP contribution in [0.3, 0.4) is 0 Å². The molecule has 0 saturated heterocycles. The van der Waals surface area contributed by atoms with Crippen LogP contribution in [-0.2, 0) is 0 Å². The molecule has 1 aromatic carbocycles. The Hall–Kier alpha value is -2.36. The molecule has 2 heterocycles. The number of hydrogen-bond donors (Lipinski definition) is 1. The largest absolute Gasteiger partial charge is 0.396 e. The highest BCUT2D eigenvalue weighted by atomic mass is 15.2. The van der Waals surface area contributed by atoms with Gasteiger partial charge in [-0.2, -0.15) is 5.10 Å². The van der Waals surface area contributed by atoms with Gasteiger partial charge in [0.15, 0.2) is 5.65 Å². The van der Waals surface area contributed by atoms with E-state index in [1.54, 1.807) is 16.9 Å². The van der Waals surface area contributed by atoms with E-state index >= 15 is 0 Å². The molecule has 0 saturated carbocycles. The Morgan fingerprint density at radius 2 is 2.12 bits per heavy atom. The van der Waals surface area contributed by atoms with Gasteiger partial charge < -0.3 is 5.73 Å². The maximum absolute atomic E-state index is 5.67. The predicted molar refractivity (Wildman–Crippen MR) is 67.6 cm³/mol. The number of nitrogen functional groups attached to an aromatic ring is 1. The van der Waals surface area contributed by atoms with Gasteiger partial charge in [0.05, 0.1) is 23.8 Å². The number of nitrogens with zero attached hydrogens (tertiary/aromatic N) is 3. The Kier molecular flexibility index (Phi) is 2.08. The SMILES string of the molecule is Cc1cccc(-c2cc3ncc(N)cn3n2)c1. The second kappa shape index (κ2) is 3.59. The van der Waals surface area contributed by atoms with Crippen molar-refractivity contribution >= 4 is 11.3 Å².